The summed E-state index contributed by atoms with van der Waals surface area (Å²) in [6, 6.07) is 13.2. The molecule has 1 nitrogen and oxygen atoms in total. The fourth-order valence-corrected chi connectivity index (χ4v) is 2.82. The summed E-state index contributed by atoms with van der Waals surface area (Å²) < 4.78 is 1.15. The van der Waals surface area contributed by atoms with Crippen LogP contribution in [0.5, 0.6) is 0 Å². The lowest BCUT2D eigenvalue weighted by Gasteiger charge is -2.40. The molecule has 0 spiro atoms. The number of rotatable bonds is 2. The van der Waals surface area contributed by atoms with E-state index in [-0.39, 0.29) is 0 Å². The first-order valence-corrected chi connectivity index (χ1v) is 7.00. The van der Waals surface area contributed by atoms with Crippen molar-refractivity contribution in [3.8, 4) is 0 Å². The molecule has 0 radical (unpaired) electrons. The molecule has 0 unspecified atom stereocenters. The second-order valence-electron chi connectivity index (χ2n) is 4.86. The number of fused-ring (bicyclic) bond motifs is 1. The lowest BCUT2D eigenvalue weighted by atomic mass is 9.96. The number of hydrogen-bond acceptors (Lipinski definition) is 1. The molecule has 2 aromatic rings. The smallest absolute Gasteiger partial charge is 0.0372 e. The van der Waals surface area contributed by atoms with Crippen molar-refractivity contribution in [2.24, 2.45) is 5.92 Å². The van der Waals surface area contributed by atoms with E-state index in [4.69, 9.17) is 0 Å². The molecule has 1 fully saturated rings. The largest absolute Gasteiger partial charge is 0.371 e. The maximum atomic E-state index is 3.51. The van der Waals surface area contributed by atoms with E-state index < -0.39 is 0 Å². The van der Waals surface area contributed by atoms with Crippen molar-refractivity contribution < 1.29 is 0 Å². The molecule has 0 saturated carbocycles. The maximum Gasteiger partial charge on any atom is 0.0372 e. The summed E-state index contributed by atoms with van der Waals surface area (Å²) in [5, 5.41) is 2.63. The van der Waals surface area contributed by atoms with Crippen LogP contribution in [0, 0.1) is 5.92 Å². The van der Waals surface area contributed by atoms with Crippen LogP contribution in [-0.4, -0.2) is 13.1 Å². The van der Waals surface area contributed by atoms with Crippen LogP contribution >= 0.6 is 15.9 Å². The molecule has 1 aliphatic rings. The van der Waals surface area contributed by atoms with Crippen LogP contribution in [0.1, 0.15) is 13.3 Å². The molecule has 0 amide bonds. The lowest BCUT2D eigenvalue weighted by molar-refractivity contribution is 0.399. The molecular weight excluding hydrogens is 274 g/mol. The van der Waals surface area contributed by atoms with Gasteiger partial charge in [-0.25, -0.2) is 0 Å². The van der Waals surface area contributed by atoms with E-state index in [9.17, 15) is 0 Å². The Bertz CT molecular complexity index is 544. The zero-order valence-corrected chi connectivity index (χ0v) is 11.6. The molecule has 1 aliphatic heterocycles. The third-order valence-electron chi connectivity index (χ3n) is 3.69. The summed E-state index contributed by atoms with van der Waals surface area (Å²) in [5.41, 5.74) is 1.37. The summed E-state index contributed by atoms with van der Waals surface area (Å²) in [6.45, 7) is 4.72. The lowest BCUT2D eigenvalue weighted by Crippen LogP contribution is -2.46. The summed E-state index contributed by atoms with van der Waals surface area (Å²) in [5.74, 6) is 0.899. The van der Waals surface area contributed by atoms with Gasteiger partial charge in [0.25, 0.3) is 0 Å². The van der Waals surface area contributed by atoms with Gasteiger partial charge in [0.05, 0.1) is 0 Å². The average Bonchev–Trinajstić information content (AvgIpc) is 2.28. The second kappa shape index (κ2) is 4.34. The fourth-order valence-electron chi connectivity index (χ4n) is 2.44. The number of benzene rings is 2. The summed E-state index contributed by atoms with van der Waals surface area (Å²) in [4.78, 5) is 2.47. The van der Waals surface area contributed by atoms with Crippen LogP contribution in [0.15, 0.2) is 40.9 Å². The van der Waals surface area contributed by atoms with Gasteiger partial charge in [-0.2, -0.15) is 0 Å². The van der Waals surface area contributed by atoms with Gasteiger partial charge in [0.2, 0.25) is 0 Å². The van der Waals surface area contributed by atoms with Gasteiger partial charge in [0.15, 0.2) is 0 Å². The number of anilines is 1. The van der Waals surface area contributed by atoms with Gasteiger partial charge in [-0.3, -0.25) is 0 Å². The molecule has 17 heavy (non-hydrogen) atoms. The van der Waals surface area contributed by atoms with Gasteiger partial charge in [0.1, 0.15) is 0 Å². The summed E-state index contributed by atoms with van der Waals surface area (Å²) in [6.07, 6.45) is 1.30. The Morgan fingerprint density at radius 2 is 1.82 bits per heavy atom. The van der Waals surface area contributed by atoms with Crippen molar-refractivity contribution in [2.75, 3.05) is 18.0 Å². The summed E-state index contributed by atoms with van der Waals surface area (Å²) in [7, 11) is 0. The Kier molecular flexibility index (Phi) is 2.83. The monoisotopic (exact) mass is 289 g/mol. The van der Waals surface area contributed by atoms with Gasteiger partial charge in [-0.1, -0.05) is 35.0 Å². The third-order valence-corrected chi connectivity index (χ3v) is 4.18. The van der Waals surface area contributed by atoms with Crippen LogP contribution < -0.4 is 4.90 Å². The Labute approximate surface area is 111 Å². The van der Waals surface area contributed by atoms with Gasteiger partial charge in [0, 0.05) is 23.2 Å². The minimum absolute atomic E-state index is 0.899. The van der Waals surface area contributed by atoms with E-state index in [0.29, 0.717) is 0 Å². The normalized spacial score (nSPS) is 16.2. The van der Waals surface area contributed by atoms with Crippen LogP contribution in [0.4, 0.5) is 5.69 Å². The van der Waals surface area contributed by atoms with Gasteiger partial charge >= 0.3 is 0 Å². The Balaban J connectivity index is 1.90. The highest BCUT2D eigenvalue weighted by molar-refractivity contribution is 9.10. The minimum atomic E-state index is 0.899. The standard InChI is InChI=1S/C15H16BrN/c1-2-11-9-17(10-11)15-6-4-12-7-14(16)5-3-13(12)8-15/h3-8,11H,2,9-10H2,1H3. The number of hydrogen-bond donors (Lipinski definition) is 0. The topological polar surface area (TPSA) is 3.24 Å². The Hall–Kier alpha value is -1.02. The second-order valence-corrected chi connectivity index (χ2v) is 5.77. The maximum absolute atomic E-state index is 3.51. The Morgan fingerprint density at radius 3 is 2.59 bits per heavy atom. The van der Waals surface area contributed by atoms with Gasteiger partial charge < -0.3 is 4.90 Å². The predicted octanol–water partition coefficient (Wildman–Crippen LogP) is 4.45. The van der Waals surface area contributed by atoms with E-state index in [0.717, 1.165) is 10.4 Å². The molecule has 0 bridgehead atoms. The zero-order chi connectivity index (χ0) is 11.8. The van der Waals surface area contributed by atoms with Crippen molar-refractivity contribution in [3.05, 3.63) is 40.9 Å². The van der Waals surface area contributed by atoms with E-state index in [1.54, 1.807) is 0 Å². The van der Waals surface area contributed by atoms with E-state index in [2.05, 4.69) is 64.2 Å². The molecule has 0 aromatic heterocycles. The van der Waals surface area contributed by atoms with Crippen molar-refractivity contribution in [1.82, 2.24) is 0 Å². The molecule has 3 rings (SSSR count). The summed E-state index contributed by atoms with van der Waals surface area (Å²) >= 11 is 3.51. The highest BCUT2D eigenvalue weighted by Crippen LogP contribution is 2.30. The average molecular weight is 290 g/mol. The van der Waals surface area contributed by atoms with Crippen LogP contribution in [-0.2, 0) is 0 Å². The number of nitrogens with zero attached hydrogens (tertiary/aromatic N) is 1. The van der Waals surface area contributed by atoms with Crippen molar-refractivity contribution in [2.45, 2.75) is 13.3 Å². The van der Waals surface area contributed by atoms with Crippen molar-refractivity contribution in [3.63, 3.8) is 0 Å². The molecule has 0 N–H and O–H groups in total. The minimum Gasteiger partial charge on any atom is -0.371 e. The van der Waals surface area contributed by atoms with Gasteiger partial charge in [-0.05, 0) is 47.4 Å². The van der Waals surface area contributed by atoms with Crippen molar-refractivity contribution >= 4 is 32.4 Å². The molecule has 1 heterocycles. The van der Waals surface area contributed by atoms with Crippen LogP contribution in [0.25, 0.3) is 10.8 Å². The van der Waals surface area contributed by atoms with E-state index in [1.807, 2.05) is 0 Å². The SMILES string of the molecule is CCC1CN(c2ccc3cc(Br)ccc3c2)C1. The highest BCUT2D eigenvalue weighted by atomic mass is 79.9. The van der Waals surface area contributed by atoms with Gasteiger partial charge in [-0.15, -0.1) is 0 Å². The molecular formula is C15H16BrN. The Morgan fingerprint density at radius 1 is 1.12 bits per heavy atom. The van der Waals surface area contributed by atoms with E-state index in [1.165, 1.54) is 36.0 Å². The first kappa shape index (κ1) is 11.1. The fraction of sp³-hybridized carbons (Fsp3) is 0.333. The molecule has 2 aromatic carbocycles. The first-order chi connectivity index (χ1) is 8.26. The quantitative estimate of drug-likeness (QED) is 0.790. The van der Waals surface area contributed by atoms with Crippen LogP contribution in [0.2, 0.25) is 0 Å². The molecule has 0 atom stereocenters. The highest BCUT2D eigenvalue weighted by Gasteiger charge is 2.24. The van der Waals surface area contributed by atoms with Crippen molar-refractivity contribution in [1.29, 1.82) is 0 Å². The zero-order valence-electron chi connectivity index (χ0n) is 9.99. The molecule has 1 saturated heterocycles. The van der Waals surface area contributed by atoms with E-state index >= 15 is 0 Å². The third kappa shape index (κ3) is 2.06. The van der Waals surface area contributed by atoms with Crippen LogP contribution in [0.3, 0.4) is 0 Å². The number of halogens is 1. The molecule has 0 aliphatic carbocycles. The molecule has 88 valence electrons. The predicted molar refractivity (Wildman–Crippen MR) is 77.6 cm³/mol. The molecule has 2 heteroatoms. The first-order valence-electron chi connectivity index (χ1n) is 6.20.